The molecule has 0 spiro atoms. The van der Waals surface area contributed by atoms with Crippen LogP contribution in [0, 0.1) is 0 Å². The minimum absolute atomic E-state index is 0.0763. The Hall–Kier alpha value is -0.870. The maximum absolute atomic E-state index is 4.43. The number of hydrogen-bond acceptors (Lipinski definition) is 3. The number of nitrogens with zero attached hydrogens (tertiary/aromatic N) is 3. The molecule has 0 aliphatic carbocycles. The summed E-state index contributed by atoms with van der Waals surface area (Å²) in [6.45, 7) is 12.1. The van der Waals surface area contributed by atoms with Crippen molar-refractivity contribution in [1.29, 1.82) is 0 Å². The second kappa shape index (κ2) is 4.55. The minimum atomic E-state index is 0.0763. The third-order valence-corrected chi connectivity index (χ3v) is 2.95. The average Bonchev–Trinajstić information content (AvgIpc) is 2.67. The first-order chi connectivity index (χ1) is 7.57. The molecule has 0 bridgehead atoms. The molecule has 1 aromatic heterocycles. The van der Waals surface area contributed by atoms with Gasteiger partial charge in [0, 0.05) is 38.9 Å². The predicted octanol–water partition coefficient (Wildman–Crippen LogP) is 1.04. The van der Waals surface area contributed by atoms with E-state index in [9.17, 15) is 0 Å². The van der Waals surface area contributed by atoms with Gasteiger partial charge in [-0.1, -0.05) is 0 Å². The topological polar surface area (TPSA) is 33.1 Å². The second-order valence-electron chi connectivity index (χ2n) is 5.43. The maximum atomic E-state index is 4.43. The van der Waals surface area contributed by atoms with Crippen molar-refractivity contribution >= 4 is 0 Å². The molecule has 1 saturated heterocycles. The molecule has 1 fully saturated rings. The molecule has 2 heterocycles. The van der Waals surface area contributed by atoms with Gasteiger partial charge in [-0.15, -0.1) is 0 Å². The van der Waals surface area contributed by atoms with Crippen LogP contribution in [0.5, 0.6) is 0 Å². The normalized spacial score (nSPS) is 18.9. The first-order valence-corrected chi connectivity index (χ1v) is 6.04. The lowest BCUT2D eigenvalue weighted by Crippen LogP contribution is -2.43. The van der Waals surface area contributed by atoms with Crippen LogP contribution in [0.4, 0.5) is 0 Å². The van der Waals surface area contributed by atoms with Crippen LogP contribution in [-0.4, -0.2) is 40.9 Å². The fourth-order valence-electron chi connectivity index (χ4n) is 2.15. The first-order valence-electron chi connectivity index (χ1n) is 6.04. The van der Waals surface area contributed by atoms with E-state index in [1.54, 1.807) is 0 Å². The monoisotopic (exact) mass is 222 g/mol. The van der Waals surface area contributed by atoms with Gasteiger partial charge >= 0.3 is 0 Å². The van der Waals surface area contributed by atoms with Gasteiger partial charge in [0.15, 0.2) is 0 Å². The fraction of sp³-hybridized carbons (Fsp3) is 0.750. The van der Waals surface area contributed by atoms with E-state index < -0.39 is 0 Å². The largest absolute Gasteiger partial charge is 0.314 e. The Labute approximate surface area is 97.6 Å². The van der Waals surface area contributed by atoms with Crippen molar-refractivity contribution in [3.63, 3.8) is 0 Å². The van der Waals surface area contributed by atoms with Crippen molar-refractivity contribution < 1.29 is 0 Å². The number of hydrogen-bond donors (Lipinski definition) is 1. The average molecular weight is 222 g/mol. The summed E-state index contributed by atoms with van der Waals surface area (Å²) >= 11 is 0. The Morgan fingerprint density at radius 2 is 2.00 bits per heavy atom. The van der Waals surface area contributed by atoms with Gasteiger partial charge in [-0.3, -0.25) is 9.58 Å². The van der Waals surface area contributed by atoms with Crippen molar-refractivity contribution in [3.8, 4) is 0 Å². The van der Waals surface area contributed by atoms with Crippen LogP contribution in [-0.2, 0) is 12.1 Å². The summed E-state index contributed by atoms with van der Waals surface area (Å²) in [5.74, 6) is 0. The smallest absolute Gasteiger partial charge is 0.0547 e. The zero-order valence-electron chi connectivity index (χ0n) is 10.5. The summed E-state index contributed by atoms with van der Waals surface area (Å²) in [5.41, 5.74) is 1.39. The van der Waals surface area contributed by atoms with Crippen LogP contribution in [0.2, 0.25) is 0 Å². The summed E-state index contributed by atoms with van der Waals surface area (Å²) in [6, 6.07) is 2.13. The molecule has 1 aliphatic heterocycles. The van der Waals surface area contributed by atoms with Crippen LogP contribution in [0.25, 0.3) is 0 Å². The van der Waals surface area contributed by atoms with E-state index in [1.807, 2.05) is 6.20 Å². The molecule has 4 heteroatoms. The third-order valence-electron chi connectivity index (χ3n) is 2.95. The quantitative estimate of drug-likeness (QED) is 0.812. The molecule has 2 rings (SSSR count). The van der Waals surface area contributed by atoms with Gasteiger partial charge in [-0.05, 0) is 26.8 Å². The van der Waals surface area contributed by atoms with Gasteiger partial charge in [-0.25, -0.2) is 0 Å². The Kier molecular flexibility index (Phi) is 3.30. The van der Waals surface area contributed by atoms with Gasteiger partial charge in [0.05, 0.1) is 11.2 Å². The molecule has 1 aliphatic rings. The van der Waals surface area contributed by atoms with Crippen LogP contribution < -0.4 is 5.32 Å². The number of aromatic nitrogens is 2. The lowest BCUT2D eigenvalue weighted by Gasteiger charge is -2.29. The lowest BCUT2D eigenvalue weighted by atomic mass is 10.1. The third kappa shape index (κ3) is 2.62. The Balaban J connectivity index is 2.06. The van der Waals surface area contributed by atoms with Gasteiger partial charge in [0.2, 0.25) is 0 Å². The maximum Gasteiger partial charge on any atom is 0.0547 e. The molecule has 90 valence electrons. The molecule has 4 nitrogen and oxygen atoms in total. The van der Waals surface area contributed by atoms with E-state index in [-0.39, 0.29) is 5.54 Å². The van der Waals surface area contributed by atoms with Crippen molar-refractivity contribution in [1.82, 2.24) is 20.0 Å². The molecule has 1 N–H and O–H groups in total. The van der Waals surface area contributed by atoms with Crippen molar-refractivity contribution in [3.05, 3.63) is 18.0 Å². The van der Waals surface area contributed by atoms with Crippen molar-refractivity contribution in [2.45, 2.75) is 32.9 Å². The van der Waals surface area contributed by atoms with Crippen LogP contribution in [0.3, 0.4) is 0 Å². The van der Waals surface area contributed by atoms with Gasteiger partial charge in [0.25, 0.3) is 0 Å². The molecule has 0 atom stereocenters. The van der Waals surface area contributed by atoms with Crippen LogP contribution in [0.15, 0.2) is 12.3 Å². The Bertz CT molecular complexity index is 331. The molecular formula is C12H22N4. The van der Waals surface area contributed by atoms with Crippen molar-refractivity contribution in [2.24, 2.45) is 0 Å². The highest BCUT2D eigenvalue weighted by molar-refractivity contribution is 5.03. The van der Waals surface area contributed by atoms with E-state index in [0.29, 0.717) is 0 Å². The zero-order valence-corrected chi connectivity index (χ0v) is 10.5. The summed E-state index contributed by atoms with van der Waals surface area (Å²) in [7, 11) is 0. The Morgan fingerprint density at radius 3 is 2.62 bits per heavy atom. The SMILES string of the molecule is CC(C)(C)n1nccc1CN1CCNCC1. The van der Waals surface area contributed by atoms with E-state index in [1.165, 1.54) is 5.69 Å². The first kappa shape index (κ1) is 11.6. The molecular weight excluding hydrogens is 200 g/mol. The minimum Gasteiger partial charge on any atom is -0.314 e. The van der Waals surface area contributed by atoms with E-state index >= 15 is 0 Å². The lowest BCUT2D eigenvalue weighted by molar-refractivity contribution is 0.218. The summed E-state index contributed by atoms with van der Waals surface area (Å²) in [6.07, 6.45) is 1.91. The molecule has 0 unspecified atom stereocenters. The second-order valence-corrected chi connectivity index (χ2v) is 5.43. The van der Waals surface area contributed by atoms with Crippen LogP contribution in [0.1, 0.15) is 26.5 Å². The zero-order chi connectivity index (χ0) is 11.6. The highest BCUT2D eigenvalue weighted by Crippen LogP contribution is 2.16. The number of rotatable bonds is 2. The predicted molar refractivity (Wildman–Crippen MR) is 65.4 cm³/mol. The van der Waals surface area contributed by atoms with E-state index in [4.69, 9.17) is 0 Å². The standard InChI is InChI=1S/C12H22N4/c1-12(2,3)16-11(4-5-14-16)10-15-8-6-13-7-9-15/h4-5,13H,6-10H2,1-3H3. The summed E-state index contributed by atoms with van der Waals surface area (Å²) in [4.78, 5) is 2.48. The van der Waals surface area contributed by atoms with E-state index in [0.717, 1.165) is 32.7 Å². The van der Waals surface area contributed by atoms with Gasteiger partial charge < -0.3 is 5.32 Å². The Morgan fingerprint density at radius 1 is 1.31 bits per heavy atom. The van der Waals surface area contributed by atoms with Crippen molar-refractivity contribution in [2.75, 3.05) is 26.2 Å². The molecule has 16 heavy (non-hydrogen) atoms. The molecule has 0 radical (unpaired) electrons. The summed E-state index contributed by atoms with van der Waals surface area (Å²) < 4.78 is 2.13. The summed E-state index contributed by atoms with van der Waals surface area (Å²) in [5, 5.41) is 7.80. The highest BCUT2D eigenvalue weighted by atomic mass is 15.3. The molecule has 0 saturated carbocycles. The molecule has 0 amide bonds. The number of piperazine rings is 1. The van der Waals surface area contributed by atoms with Gasteiger partial charge in [-0.2, -0.15) is 5.10 Å². The van der Waals surface area contributed by atoms with Gasteiger partial charge in [0.1, 0.15) is 0 Å². The molecule has 1 aromatic rings. The fourth-order valence-corrected chi connectivity index (χ4v) is 2.15. The molecule has 0 aromatic carbocycles. The number of nitrogens with one attached hydrogen (secondary N) is 1. The van der Waals surface area contributed by atoms with E-state index in [2.05, 4.69) is 46.8 Å². The highest BCUT2D eigenvalue weighted by Gasteiger charge is 2.19. The van der Waals surface area contributed by atoms with Crippen LogP contribution >= 0.6 is 0 Å².